The number of amides is 1. The van der Waals surface area contributed by atoms with E-state index < -0.39 is 37.7 Å². The minimum atomic E-state index is -3.75. The van der Waals surface area contributed by atoms with Crippen LogP contribution in [0.3, 0.4) is 0 Å². The van der Waals surface area contributed by atoms with E-state index in [1.807, 2.05) is 0 Å². The zero-order valence-corrected chi connectivity index (χ0v) is 14.6. The summed E-state index contributed by atoms with van der Waals surface area (Å²) in [5, 5.41) is 0. The quantitative estimate of drug-likeness (QED) is 0.577. The fraction of sp³-hybridized carbons (Fsp3) is 0.714. The number of ketones is 1. The number of fused-ring (bicyclic) bond motifs is 1. The number of carbonyl (C=O) groups is 2. The van der Waals surface area contributed by atoms with Gasteiger partial charge in [-0.25, -0.2) is 4.57 Å². The van der Waals surface area contributed by atoms with Crippen molar-refractivity contribution in [3.05, 3.63) is 12.3 Å². The Morgan fingerprint density at radius 1 is 1.46 bits per heavy atom. The molecule has 2 N–H and O–H groups in total. The van der Waals surface area contributed by atoms with E-state index in [2.05, 4.69) is 0 Å². The third-order valence-corrected chi connectivity index (χ3v) is 5.68. The molecule has 1 unspecified atom stereocenters. The molecule has 2 saturated heterocycles. The molecule has 0 radical (unpaired) electrons. The van der Waals surface area contributed by atoms with Crippen LogP contribution in [0.15, 0.2) is 12.3 Å². The highest BCUT2D eigenvalue weighted by molar-refractivity contribution is 7.48. The number of hydrogen-bond donors (Lipinski definition) is 1. The van der Waals surface area contributed by atoms with Crippen molar-refractivity contribution >= 4 is 19.5 Å². The normalized spacial score (nSPS) is 42.7. The van der Waals surface area contributed by atoms with Crippen molar-refractivity contribution in [2.75, 3.05) is 6.61 Å². The smallest absolute Gasteiger partial charge is 0.347 e. The van der Waals surface area contributed by atoms with Gasteiger partial charge in [0.2, 0.25) is 5.91 Å². The molecule has 0 spiro atoms. The summed E-state index contributed by atoms with van der Waals surface area (Å²) in [6, 6.07) is 0. The van der Waals surface area contributed by atoms with Crippen LogP contribution in [0.1, 0.15) is 27.2 Å². The number of hydrogen-bond acceptors (Lipinski definition) is 8. The van der Waals surface area contributed by atoms with Gasteiger partial charge in [-0.15, -0.1) is 0 Å². The van der Waals surface area contributed by atoms with Crippen LogP contribution >= 0.6 is 7.82 Å². The lowest BCUT2D eigenvalue weighted by Gasteiger charge is -2.38. The molecule has 1 amide bonds. The summed E-state index contributed by atoms with van der Waals surface area (Å²) in [6.07, 6.45) is -0.181. The van der Waals surface area contributed by atoms with Gasteiger partial charge in [0.1, 0.15) is 12.2 Å². The number of carbonyl (C=O) groups excluding carboxylic acids is 2. The Morgan fingerprint density at radius 3 is 2.79 bits per heavy atom. The van der Waals surface area contributed by atoms with E-state index in [4.69, 9.17) is 24.0 Å². The summed E-state index contributed by atoms with van der Waals surface area (Å²) >= 11 is 0. The lowest BCUT2D eigenvalue weighted by Crippen LogP contribution is -2.60. The zero-order valence-electron chi connectivity index (χ0n) is 13.7. The monoisotopic (exact) mass is 360 g/mol. The van der Waals surface area contributed by atoms with Crippen LogP contribution in [0.25, 0.3) is 0 Å². The zero-order chi connectivity index (χ0) is 17.7. The van der Waals surface area contributed by atoms with Crippen molar-refractivity contribution in [2.24, 2.45) is 5.73 Å². The van der Waals surface area contributed by atoms with Gasteiger partial charge in [-0.2, -0.15) is 0 Å². The second-order valence-corrected chi connectivity index (χ2v) is 8.15. The minimum absolute atomic E-state index is 0.0252. The van der Waals surface area contributed by atoms with E-state index in [1.165, 1.54) is 17.2 Å². The Morgan fingerprint density at radius 2 is 2.17 bits per heavy atom. The number of ether oxygens (including phenoxy) is 1. The Hall–Kier alpha value is -1.09. The third-order valence-electron chi connectivity index (χ3n) is 4.05. The predicted octanol–water partition coefficient (Wildman–Crippen LogP) is 0.692. The molecule has 3 aliphatic heterocycles. The van der Waals surface area contributed by atoms with Crippen molar-refractivity contribution in [2.45, 2.75) is 57.3 Å². The third kappa shape index (κ3) is 3.08. The molecular formula is C14H21N2O7P. The lowest BCUT2D eigenvalue weighted by atomic mass is 9.92. The number of phosphoric acid groups is 1. The second-order valence-electron chi connectivity index (χ2n) is 6.58. The fourth-order valence-corrected chi connectivity index (χ4v) is 4.66. The molecule has 3 rings (SSSR count). The van der Waals surface area contributed by atoms with Crippen molar-refractivity contribution in [3.63, 3.8) is 0 Å². The van der Waals surface area contributed by atoms with E-state index in [0.717, 1.165) is 0 Å². The number of nitrogens with two attached hydrogens (primary N) is 1. The molecule has 0 aromatic rings. The number of rotatable bonds is 3. The molecular weight excluding hydrogens is 339 g/mol. The SMILES string of the molecule is CC(C)OP1(=O)OC[C@H]2O[C@@H](N3C=CC(=O)CC3=O)[C@](C)(N)[C@@H]2O1. The molecule has 2 fully saturated rings. The maximum atomic E-state index is 12.5. The van der Waals surface area contributed by atoms with Crippen molar-refractivity contribution in [1.29, 1.82) is 0 Å². The van der Waals surface area contributed by atoms with E-state index in [0.29, 0.717) is 0 Å². The molecule has 3 aliphatic rings. The van der Waals surface area contributed by atoms with Gasteiger partial charge in [-0.3, -0.25) is 28.1 Å². The van der Waals surface area contributed by atoms with Crippen LogP contribution in [0, 0.1) is 0 Å². The van der Waals surface area contributed by atoms with Crippen LogP contribution in [-0.4, -0.2) is 53.3 Å². The van der Waals surface area contributed by atoms with Gasteiger partial charge < -0.3 is 10.5 Å². The average molecular weight is 360 g/mol. The minimum Gasteiger partial charge on any atom is -0.347 e. The van der Waals surface area contributed by atoms with E-state index in [9.17, 15) is 14.2 Å². The average Bonchev–Trinajstić information content (AvgIpc) is 2.69. The Bertz CT molecular complexity index is 633. The van der Waals surface area contributed by atoms with E-state index in [1.54, 1.807) is 20.8 Å². The summed E-state index contributed by atoms with van der Waals surface area (Å²) in [4.78, 5) is 24.7. The van der Waals surface area contributed by atoms with Gasteiger partial charge in [-0.1, -0.05) is 0 Å². The maximum absolute atomic E-state index is 12.5. The Balaban J connectivity index is 1.83. The molecule has 0 aromatic heterocycles. The first kappa shape index (κ1) is 17.7. The molecule has 5 atom stereocenters. The highest BCUT2D eigenvalue weighted by atomic mass is 31.2. The van der Waals surface area contributed by atoms with Gasteiger partial charge >= 0.3 is 7.82 Å². The molecule has 10 heteroatoms. The topological polar surface area (TPSA) is 117 Å². The van der Waals surface area contributed by atoms with Crippen LogP contribution in [0.5, 0.6) is 0 Å². The lowest BCUT2D eigenvalue weighted by molar-refractivity contribution is -0.146. The number of nitrogens with zero attached hydrogens (tertiary/aromatic N) is 1. The molecule has 134 valence electrons. The molecule has 0 bridgehead atoms. The molecule has 0 aromatic carbocycles. The van der Waals surface area contributed by atoms with Gasteiger partial charge in [0.15, 0.2) is 12.0 Å². The summed E-state index contributed by atoms with van der Waals surface area (Å²) in [7, 11) is -3.75. The Kier molecular flexibility index (Phi) is 4.44. The van der Waals surface area contributed by atoms with E-state index >= 15 is 0 Å². The van der Waals surface area contributed by atoms with Gasteiger partial charge in [-0.05, 0) is 26.8 Å². The van der Waals surface area contributed by atoms with Crippen LogP contribution in [0.2, 0.25) is 0 Å². The van der Waals surface area contributed by atoms with Gasteiger partial charge in [0, 0.05) is 6.20 Å². The molecule has 9 nitrogen and oxygen atoms in total. The molecule has 0 saturated carbocycles. The fourth-order valence-electron chi connectivity index (χ4n) is 3.00. The standard InChI is InChI=1S/C14H21N2O7P/c1-8(2)22-24(19)20-7-10-12(23-24)14(3,15)13(21-10)16-5-4-9(17)6-11(16)18/h4-5,8,10,12-13H,6-7,15H2,1-3H3/t10-,12-,13-,14-,24?/m1/s1. The maximum Gasteiger partial charge on any atom is 0.475 e. The van der Waals surface area contributed by atoms with Gasteiger partial charge in [0.05, 0.1) is 24.7 Å². The first-order chi connectivity index (χ1) is 11.1. The number of allylic oxidation sites excluding steroid dienone is 1. The summed E-state index contributed by atoms with van der Waals surface area (Å²) in [5.41, 5.74) is 5.20. The molecule has 0 aliphatic carbocycles. The van der Waals surface area contributed by atoms with Crippen LogP contribution in [0.4, 0.5) is 0 Å². The molecule has 3 heterocycles. The Labute approximate surface area is 139 Å². The van der Waals surface area contributed by atoms with Crippen LogP contribution in [-0.2, 0) is 32.5 Å². The summed E-state index contributed by atoms with van der Waals surface area (Å²) < 4.78 is 34.4. The predicted molar refractivity (Wildman–Crippen MR) is 81.5 cm³/mol. The first-order valence-electron chi connectivity index (χ1n) is 7.70. The summed E-state index contributed by atoms with van der Waals surface area (Å²) in [5.74, 6) is -0.690. The summed E-state index contributed by atoms with van der Waals surface area (Å²) in [6.45, 7) is 5.04. The van der Waals surface area contributed by atoms with Gasteiger partial charge in [0.25, 0.3) is 0 Å². The van der Waals surface area contributed by atoms with Crippen molar-refractivity contribution < 1.29 is 32.5 Å². The number of phosphoric ester groups is 1. The second kappa shape index (κ2) is 6.01. The van der Waals surface area contributed by atoms with E-state index in [-0.39, 0.29) is 24.9 Å². The van der Waals surface area contributed by atoms with Crippen LogP contribution < -0.4 is 5.73 Å². The highest BCUT2D eigenvalue weighted by Crippen LogP contribution is 2.58. The van der Waals surface area contributed by atoms with Crippen molar-refractivity contribution in [1.82, 2.24) is 4.90 Å². The first-order valence-corrected chi connectivity index (χ1v) is 9.16. The highest BCUT2D eigenvalue weighted by Gasteiger charge is 2.60. The molecule has 24 heavy (non-hydrogen) atoms. The largest absolute Gasteiger partial charge is 0.475 e. The van der Waals surface area contributed by atoms with Crippen molar-refractivity contribution in [3.8, 4) is 0 Å².